The molecule has 1 saturated carbocycles. The number of nitrogens with zero attached hydrogens (tertiary/aromatic N) is 1. The summed E-state index contributed by atoms with van der Waals surface area (Å²) in [6.07, 6.45) is 5.95. The van der Waals surface area contributed by atoms with Crippen LogP contribution in [0.2, 0.25) is 0 Å². The highest BCUT2D eigenvalue weighted by Crippen LogP contribution is 2.26. The summed E-state index contributed by atoms with van der Waals surface area (Å²) in [6, 6.07) is 11.7. The number of sulfonamides is 1. The second kappa shape index (κ2) is 10.9. The lowest BCUT2D eigenvalue weighted by molar-refractivity contribution is 0.386. The number of benzene rings is 2. The second-order valence-electron chi connectivity index (χ2n) is 8.83. The van der Waals surface area contributed by atoms with E-state index in [1.807, 2.05) is 6.07 Å². The zero-order chi connectivity index (χ0) is 24.1. The molecule has 7 nitrogen and oxygen atoms in total. The number of ether oxygens (including phenoxy) is 1. The van der Waals surface area contributed by atoms with Crippen molar-refractivity contribution in [1.82, 2.24) is 10.0 Å². The number of halogens is 1. The normalized spacial score (nSPS) is 19.1. The van der Waals surface area contributed by atoms with Gasteiger partial charge >= 0.3 is 0 Å². The molecule has 1 heterocycles. The molecule has 0 radical (unpaired) electrons. The maximum Gasteiger partial charge on any atom is 0.240 e. The Hall–Kier alpha value is -2.43. The van der Waals surface area contributed by atoms with E-state index in [-0.39, 0.29) is 28.5 Å². The van der Waals surface area contributed by atoms with Gasteiger partial charge < -0.3 is 20.3 Å². The molecule has 0 aromatic heterocycles. The van der Waals surface area contributed by atoms with E-state index in [0.29, 0.717) is 17.3 Å². The standard InChI is InChI=1S/C24H31FN4O3S2/c1-32-23-12-9-20(15-22(23)25)29-14-13-19(16-29)27-24(33)26-17-7-10-21(11-8-17)34(30,31)28-18-5-3-2-4-6-18/h7-12,15,18-19,28H,2-6,13-14,16H2,1H3,(H2,26,27,33). The van der Waals surface area contributed by atoms with Crippen LogP contribution in [0.1, 0.15) is 38.5 Å². The van der Waals surface area contributed by atoms with E-state index in [2.05, 4.69) is 20.3 Å². The van der Waals surface area contributed by atoms with Crippen molar-refractivity contribution < 1.29 is 17.5 Å². The first-order valence-corrected chi connectivity index (χ1v) is 13.5. The van der Waals surface area contributed by atoms with Crippen LogP contribution < -0.4 is 25.0 Å². The Morgan fingerprint density at radius 1 is 1.06 bits per heavy atom. The summed E-state index contributed by atoms with van der Waals surface area (Å²) >= 11 is 5.45. The second-order valence-corrected chi connectivity index (χ2v) is 11.0. The molecule has 184 valence electrons. The summed E-state index contributed by atoms with van der Waals surface area (Å²) in [5.74, 6) is -0.153. The Balaban J connectivity index is 1.28. The number of rotatable bonds is 7. The molecule has 0 bridgehead atoms. The van der Waals surface area contributed by atoms with Gasteiger partial charge in [0.25, 0.3) is 0 Å². The molecule has 1 aliphatic carbocycles. The molecule has 1 aliphatic heterocycles. The number of hydrogen-bond donors (Lipinski definition) is 3. The van der Waals surface area contributed by atoms with Crippen molar-refractivity contribution in [3.8, 4) is 5.75 Å². The largest absolute Gasteiger partial charge is 0.494 e. The zero-order valence-corrected chi connectivity index (χ0v) is 20.9. The summed E-state index contributed by atoms with van der Waals surface area (Å²) in [4.78, 5) is 2.35. The van der Waals surface area contributed by atoms with Gasteiger partial charge in [0.1, 0.15) is 0 Å². The van der Waals surface area contributed by atoms with Crippen molar-refractivity contribution in [3.05, 3.63) is 48.3 Å². The lowest BCUT2D eigenvalue weighted by Gasteiger charge is -2.22. The number of methoxy groups -OCH3 is 1. The lowest BCUT2D eigenvalue weighted by Crippen LogP contribution is -2.39. The molecule has 1 unspecified atom stereocenters. The van der Waals surface area contributed by atoms with Gasteiger partial charge in [-0.25, -0.2) is 17.5 Å². The van der Waals surface area contributed by atoms with E-state index in [0.717, 1.165) is 44.3 Å². The molecule has 2 fully saturated rings. The van der Waals surface area contributed by atoms with Crippen LogP contribution in [0.3, 0.4) is 0 Å². The first-order chi connectivity index (χ1) is 16.3. The van der Waals surface area contributed by atoms with Crippen molar-refractivity contribution >= 4 is 38.7 Å². The van der Waals surface area contributed by atoms with E-state index in [1.165, 1.54) is 19.6 Å². The van der Waals surface area contributed by atoms with Crippen LogP contribution in [-0.2, 0) is 10.0 Å². The van der Waals surface area contributed by atoms with Gasteiger partial charge in [-0.2, -0.15) is 0 Å². The third-order valence-electron chi connectivity index (χ3n) is 6.37. The molecular formula is C24H31FN4O3S2. The quantitative estimate of drug-likeness (QED) is 0.490. The Kier molecular flexibility index (Phi) is 7.90. The van der Waals surface area contributed by atoms with E-state index < -0.39 is 10.0 Å². The van der Waals surface area contributed by atoms with E-state index in [9.17, 15) is 12.8 Å². The van der Waals surface area contributed by atoms with Crippen molar-refractivity contribution in [2.75, 3.05) is 30.4 Å². The number of nitrogens with one attached hydrogen (secondary N) is 3. The maximum atomic E-state index is 14.0. The average Bonchev–Trinajstić information content (AvgIpc) is 3.28. The molecule has 1 atom stereocenters. The summed E-state index contributed by atoms with van der Waals surface area (Å²) in [5.41, 5.74) is 1.52. The van der Waals surface area contributed by atoms with Gasteiger partial charge in [0, 0.05) is 42.6 Å². The SMILES string of the molecule is COc1ccc(N2CCC(NC(=S)Nc3ccc(S(=O)(=O)NC4CCCCC4)cc3)C2)cc1F. The third-order valence-corrected chi connectivity index (χ3v) is 8.13. The molecule has 3 N–H and O–H groups in total. The molecular weight excluding hydrogens is 475 g/mol. The number of hydrogen-bond acceptors (Lipinski definition) is 5. The van der Waals surface area contributed by atoms with Crippen LogP contribution in [0.15, 0.2) is 47.4 Å². The van der Waals surface area contributed by atoms with Gasteiger partial charge in [-0.3, -0.25) is 0 Å². The Labute approximate surface area is 206 Å². The monoisotopic (exact) mass is 506 g/mol. The summed E-state index contributed by atoms with van der Waals surface area (Å²) in [6.45, 7) is 1.48. The van der Waals surface area contributed by atoms with Gasteiger partial charge in [0.2, 0.25) is 10.0 Å². The Bertz CT molecular complexity index is 1110. The minimum absolute atomic E-state index is 0.0220. The third kappa shape index (κ3) is 6.17. The van der Waals surface area contributed by atoms with E-state index in [4.69, 9.17) is 17.0 Å². The van der Waals surface area contributed by atoms with Crippen molar-refractivity contribution in [1.29, 1.82) is 0 Å². The summed E-state index contributed by atoms with van der Waals surface area (Å²) in [5, 5.41) is 6.87. The molecule has 2 aliphatic rings. The highest BCUT2D eigenvalue weighted by atomic mass is 32.2. The zero-order valence-electron chi connectivity index (χ0n) is 19.2. The highest BCUT2D eigenvalue weighted by Gasteiger charge is 2.24. The first kappa shape index (κ1) is 24.7. The van der Waals surface area contributed by atoms with Crippen LogP contribution in [0.4, 0.5) is 15.8 Å². The fourth-order valence-electron chi connectivity index (χ4n) is 4.54. The van der Waals surface area contributed by atoms with E-state index in [1.54, 1.807) is 30.3 Å². The van der Waals surface area contributed by atoms with Crippen LogP contribution in [0.25, 0.3) is 0 Å². The van der Waals surface area contributed by atoms with Crippen LogP contribution in [-0.4, -0.2) is 45.8 Å². The van der Waals surface area contributed by atoms with Crippen molar-refractivity contribution in [2.45, 2.75) is 55.5 Å². The van der Waals surface area contributed by atoms with Gasteiger partial charge in [-0.15, -0.1) is 0 Å². The van der Waals surface area contributed by atoms with Crippen molar-refractivity contribution in [2.24, 2.45) is 0 Å². The van der Waals surface area contributed by atoms with Gasteiger partial charge in [-0.1, -0.05) is 19.3 Å². The minimum atomic E-state index is -3.53. The Morgan fingerprint density at radius 3 is 2.47 bits per heavy atom. The fourth-order valence-corrected chi connectivity index (χ4v) is 6.13. The number of anilines is 2. The molecule has 2 aromatic carbocycles. The molecule has 10 heteroatoms. The van der Waals surface area contributed by atoms with E-state index >= 15 is 0 Å². The smallest absolute Gasteiger partial charge is 0.240 e. The Morgan fingerprint density at radius 2 is 1.79 bits per heavy atom. The molecule has 2 aromatic rings. The van der Waals surface area contributed by atoms with Crippen LogP contribution in [0.5, 0.6) is 5.75 Å². The van der Waals surface area contributed by atoms with Crippen LogP contribution >= 0.6 is 12.2 Å². The molecule has 0 spiro atoms. The molecule has 34 heavy (non-hydrogen) atoms. The predicted octanol–water partition coefficient (Wildman–Crippen LogP) is 4.01. The highest BCUT2D eigenvalue weighted by molar-refractivity contribution is 7.89. The van der Waals surface area contributed by atoms with Gasteiger partial charge in [0.15, 0.2) is 16.7 Å². The summed E-state index contributed by atoms with van der Waals surface area (Å²) in [7, 11) is -2.08. The van der Waals surface area contributed by atoms with Crippen molar-refractivity contribution in [3.63, 3.8) is 0 Å². The predicted molar refractivity (Wildman–Crippen MR) is 137 cm³/mol. The molecule has 4 rings (SSSR count). The summed E-state index contributed by atoms with van der Waals surface area (Å²) < 4.78 is 47.2. The maximum absolute atomic E-state index is 14.0. The first-order valence-electron chi connectivity index (χ1n) is 11.6. The van der Waals surface area contributed by atoms with Crippen LogP contribution in [0, 0.1) is 5.82 Å². The number of thiocarbonyl (C=S) groups is 1. The molecule has 0 amide bonds. The molecule has 1 saturated heterocycles. The minimum Gasteiger partial charge on any atom is -0.494 e. The average molecular weight is 507 g/mol. The van der Waals surface area contributed by atoms with Gasteiger partial charge in [-0.05, 0) is 67.9 Å². The fraction of sp³-hybridized carbons (Fsp3) is 0.458. The topological polar surface area (TPSA) is 82.7 Å². The van der Waals surface area contributed by atoms with Gasteiger partial charge in [0.05, 0.1) is 12.0 Å². The lowest BCUT2D eigenvalue weighted by atomic mass is 9.96.